The lowest BCUT2D eigenvalue weighted by Crippen LogP contribution is -2.65. The highest BCUT2D eigenvalue weighted by Crippen LogP contribution is 2.46. The molecular formula is C77H118F8N12O13. The third-order valence-corrected chi connectivity index (χ3v) is 25.7. The van der Waals surface area contributed by atoms with Crippen LogP contribution in [0.2, 0.25) is 0 Å². The number of hydrogen-bond donors (Lipinski definition) is 3. The average molecular weight is 1570 g/mol. The number of rotatable bonds is 11. The monoisotopic (exact) mass is 1570 g/mol. The molecule has 4 saturated carbocycles. The molecule has 2 unspecified atom stereocenters. The van der Waals surface area contributed by atoms with Crippen molar-refractivity contribution in [2.24, 2.45) is 41.4 Å². The normalized spacial score (nSPS) is 32.8. The van der Waals surface area contributed by atoms with E-state index in [-0.39, 0.29) is 135 Å². The third-order valence-electron chi connectivity index (χ3n) is 25.7. The topological polar surface area (TPSA) is 279 Å². The number of carbonyl (C=O) groups excluding carboxylic acids is 12. The second kappa shape index (κ2) is 37.3. The van der Waals surface area contributed by atoms with Gasteiger partial charge in [0, 0.05) is 68.0 Å². The van der Waals surface area contributed by atoms with E-state index < -0.39 is 223 Å². The van der Waals surface area contributed by atoms with Crippen molar-refractivity contribution in [2.75, 3.05) is 87.7 Å². The molecule has 5 aliphatic heterocycles. The minimum absolute atomic E-state index is 0.0225. The fraction of sp³-hybridized carbons (Fsp3) is 0.844. The zero-order chi connectivity index (χ0) is 80.6. The molecule has 5 heterocycles. The predicted molar refractivity (Wildman–Crippen MR) is 386 cm³/mol. The van der Waals surface area contributed by atoms with Gasteiger partial charge in [-0.1, -0.05) is 59.8 Å². The van der Waals surface area contributed by atoms with Gasteiger partial charge in [0.05, 0.1) is 32.1 Å². The third kappa shape index (κ3) is 20.1. The molecule has 0 radical (unpaired) electrons. The van der Waals surface area contributed by atoms with Crippen LogP contribution in [0, 0.1) is 41.4 Å². The highest BCUT2D eigenvalue weighted by molar-refractivity contribution is 6.01. The summed E-state index contributed by atoms with van der Waals surface area (Å²) in [5, 5.41) is 8.62. The average Bonchev–Trinajstić information content (AvgIpc) is 1.51. The minimum atomic E-state index is -5.20. The number of nitrogens with one attached hydrogen (secondary N) is 3. The first-order valence-corrected chi connectivity index (χ1v) is 40.3. The van der Waals surface area contributed by atoms with E-state index in [0.717, 1.165) is 4.90 Å². The molecule has 12 atom stereocenters. The van der Waals surface area contributed by atoms with E-state index in [9.17, 15) is 31.1 Å². The molecule has 9 aliphatic rings. The summed E-state index contributed by atoms with van der Waals surface area (Å²) in [7, 11) is 6.91. The maximum Gasteiger partial charge on any atom is 0.397 e. The van der Waals surface area contributed by atoms with Crippen LogP contribution in [0.25, 0.3) is 0 Å². The molecule has 0 aromatic carbocycles. The number of nitrogens with zero attached hydrogens (tertiary/aromatic N) is 9. The fourth-order valence-electron chi connectivity index (χ4n) is 19.0. The van der Waals surface area contributed by atoms with Crippen molar-refractivity contribution in [3.05, 3.63) is 0 Å². The van der Waals surface area contributed by atoms with E-state index in [1.54, 1.807) is 6.92 Å². The van der Waals surface area contributed by atoms with Crippen LogP contribution in [0.3, 0.4) is 0 Å². The van der Waals surface area contributed by atoms with Crippen molar-refractivity contribution in [3.63, 3.8) is 0 Å². The maximum atomic E-state index is 15.8. The molecule has 5 saturated heterocycles. The van der Waals surface area contributed by atoms with E-state index >= 15 is 61.5 Å². The molecule has 2 bridgehead atoms. The van der Waals surface area contributed by atoms with Gasteiger partial charge in [0.2, 0.25) is 70.9 Å². The lowest BCUT2D eigenvalue weighted by atomic mass is 9.76. The van der Waals surface area contributed by atoms with Crippen LogP contribution in [0.5, 0.6) is 0 Å². The highest BCUT2D eigenvalue weighted by Gasteiger charge is 2.56. The molecule has 110 heavy (non-hydrogen) atoms. The molecule has 9 rings (SSSR count). The molecule has 3 N–H and O–H groups in total. The molecule has 0 aromatic heterocycles. The van der Waals surface area contributed by atoms with Crippen molar-refractivity contribution < 1.29 is 97.4 Å². The SMILES string of the molecule is CC[C@H](C)[C@@H]1NC(=O)[C@H](CC(C)C)N(C)C(=O)C[C@@H](C(=O)N2CCOCC2)N(C)C(=O)[C@H](C2CCCC2)N(C)C(=O)C2(CCCC2)NC(=O)[C@@H]2CCCN2C(=O)[C@H](CCC2CC(F)C(C(F)(F)F)C(F)C2)NC(=O)CN(C)C(=O)[C@H](CC2CCC(C(F)(F)F)CC2)N2CCCC[C@@H](C2=O)N(C)C(=O)[C@@H]2CCCN2C1=O. The summed E-state index contributed by atoms with van der Waals surface area (Å²) in [6.45, 7) is 6.90. The van der Waals surface area contributed by atoms with Gasteiger partial charge in [-0.15, -0.1) is 0 Å². The van der Waals surface area contributed by atoms with Crippen LogP contribution in [-0.4, -0.2) is 287 Å². The zero-order valence-corrected chi connectivity index (χ0v) is 65.5. The predicted octanol–water partition coefficient (Wildman–Crippen LogP) is 6.86. The van der Waals surface area contributed by atoms with Crippen molar-refractivity contribution in [2.45, 2.75) is 286 Å². The van der Waals surface area contributed by atoms with Crippen LogP contribution in [0.4, 0.5) is 35.1 Å². The molecule has 9 fully saturated rings. The van der Waals surface area contributed by atoms with Crippen LogP contribution in [0.1, 0.15) is 201 Å². The van der Waals surface area contributed by atoms with Gasteiger partial charge in [-0.2, -0.15) is 26.3 Å². The van der Waals surface area contributed by atoms with Crippen LogP contribution in [-0.2, 0) is 62.3 Å². The van der Waals surface area contributed by atoms with E-state index in [4.69, 9.17) is 4.74 Å². The lowest BCUT2D eigenvalue weighted by Gasteiger charge is -2.42. The lowest BCUT2D eigenvalue weighted by molar-refractivity contribution is -0.219. The van der Waals surface area contributed by atoms with Crippen LogP contribution in [0.15, 0.2) is 0 Å². The summed E-state index contributed by atoms with van der Waals surface area (Å²) in [5.41, 5.74) is -1.67. The number of hydrogen-bond acceptors (Lipinski definition) is 13. The van der Waals surface area contributed by atoms with E-state index in [1.165, 1.54) is 74.4 Å². The largest absolute Gasteiger partial charge is 0.397 e. The Balaban J connectivity index is 1.10. The van der Waals surface area contributed by atoms with E-state index in [1.807, 2.05) is 20.8 Å². The number of fused-ring (bicyclic) bond motifs is 4. The molecule has 33 heteroatoms. The minimum Gasteiger partial charge on any atom is -0.378 e. The molecule has 12 amide bonds. The van der Waals surface area contributed by atoms with Gasteiger partial charge >= 0.3 is 12.4 Å². The summed E-state index contributed by atoms with van der Waals surface area (Å²) in [6.07, 6.45) is -13.1. The van der Waals surface area contributed by atoms with Crippen molar-refractivity contribution in [1.29, 1.82) is 0 Å². The first-order chi connectivity index (χ1) is 51.9. The van der Waals surface area contributed by atoms with Gasteiger partial charge in [-0.05, 0) is 164 Å². The van der Waals surface area contributed by atoms with E-state index in [2.05, 4.69) is 16.0 Å². The Kier molecular flexibility index (Phi) is 29.5. The quantitative estimate of drug-likeness (QED) is 0.179. The van der Waals surface area contributed by atoms with Gasteiger partial charge in [-0.25, -0.2) is 8.78 Å². The summed E-state index contributed by atoms with van der Waals surface area (Å²) >= 11 is 0. The van der Waals surface area contributed by atoms with Gasteiger partial charge in [-0.3, -0.25) is 57.5 Å². The Morgan fingerprint density at radius 1 is 0.555 bits per heavy atom. The number of amides is 12. The molecule has 1 spiro atoms. The van der Waals surface area contributed by atoms with Crippen molar-refractivity contribution >= 4 is 70.9 Å². The number of ether oxygens (including phenoxy) is 1. The molecular weight excluding hydrogens is 1450 g/mol. The molecule has 620 valence electrons. The molecule has 25 nitrogen and oxygen atoms in total. The Bertz CT molecular complexity index is 3280. The number of likely N-dealkylation sites (N-methyl/N-ethyl adjacent to an activating group) is 5. The smallest absolute Gasteiger partial charge is 0.378 e. The van der Waals surface area contributed by atoms with E-state index in [0.29, 0.717) is 64.2 Å². The molecule has 0 aromatic rings. The van der Waals surface area contributed by atoms with Crippen LogP contribution >= 0.6 is 0 Å². The Morgan fingerprint density at radius 2 is 1.14 bits per heavy atom. The molecule has 4 aliphatic carbocycles. The summed E-state index contributed by atoms with van der Waals surface area (Å²) in [4.78, 5) is 195. The number of carbonyl (C=O) groups is 12. The summed E-state index contributed by atoms with van der Waals surface area (Å²) in [5.74, 6) is -16.1. The number of alkyl halides is 8. The Labute approximate surface area is 640 Å². The second-order valence-corrected chi connectivity index (χ2v) is 33.5. The van der Waals surface area contributed by atoms with Gasteiger partial charge in [0.1, 0.15) is 78.2 Å². The summed E-state index contributed by atoms with van der Waals surface area (Å²) in [6, 6.07) is -12.1. The van der Waals surface area contributed by atoms with Crippen molar-refractivity contribution in [3.8, 4) is 0 Å². The zero-order valence-electron chi connectivity index (χ0n) is 65.5. The number of morpholine rings is 1. The van der Waals surface area contributed by atoms with Gasteiger partial charge in [0.15, 0.2) is 0 Å². The van der Waals surface area contributed by atoms with Gasteiger partial charge in [0.25, 0.3) is 0 Å². The standard InChI is InChI=1S/C77H118F8N12O13/c1-10-46(4)63-72(107)96-34-18-23-56(96)69(104)91(7)55-21-13-16-32-97(71(55)106)59(42-47-24-27-50(28-25-47)76(80,81)82)68(103)89(5)44-60(98)86-53(29-26-48-40-51(78)62(52(79)41-48)77(83,84)85)67(102)95-33-17-22-54(95)66(101)88-75(30-14-15-31-75)74(109)93(9)64(49-19-11-12-20-49)73(108)92(8)58(70(105)94-35-37-110-38-36-94)43-61(99)90(6)57(39-45(2)3)65(100)87-63/h45-59,62-64H,10-44H2,1-9H3,(H,86,98)(H,87,100)(H,88,101)/t46-,47?,48?,50?,51?,52?,53-,54-,55-,56-,57-,58-,59-,62?,63-,64-/m0/s1. The Morgan fingerprint density at radius 3 is 1.73 bits per heavy atom. The van der Waals surface area contributed by atoms with Gasteiger partial charge < -0.3 is 64.8 Å². The fourth-order valence-corrected chi connectivity index (χ4v) is 19.0. The second-order valence-electron chi connectivity index (χ2n) is 33.5. The Hall–Kier alpha value is -6.96. The van der Waals surface area contributed by atoms with Crippen LogP contribution < -0.4 is 16.0 Å². The number of halogens is 8. The first kappa shape index (κ1) is 87.0. The summed E-state index contributed by atoms with van der Waals surface area (Å²) < 4.78 is 121. The first-order valence-electron chi connectivity index (χ1n) is 40.3. The highest BCUT2D eigenvalue weighted by atomic mass is 19.4. The van der Waals surface area contributed by atoms with Crippen molar-refractivity contribution in [1.82, 2.24) is 60.0 Å². The maximum absolute atomic E-state index is 15.8.